The predicted molar refractivity (Wildman–Crippen MR) is 293 cm³/mol. The minimum Gasteiger partial charge on any atom is -0.462 e. The van der Waals surface area contributed by atoms with Crippen LogP contribution >= 0.6 is 0 Å². The van der Waals surface area contributed by atoms with Crippen molar-refractivity contribution in [2.45, 2.75) is 252 Å². The molecule has 1 unspecified atom stereocenters. The van der Waals surface area contributed by atoms with Crippen LogP contribution in [0.15, 0.2) is 109 Å². The summed E-state index contributed by atoms with van der Waals surface area (Å²) >= 11 is 0. The van der Waals surface area contributed by atoms with Gasteiger partial charge in [0, 0.05) is 19.3 Å². The highest BCUT2D eigenvalue weighted by atomic mass is 16.6. The Morgan fingerprint density at radius 2 is 0.574 bits per heavy atom. The van der Waals surface area contributed by atoms with Crippen molar-refractivity contribution in [3.63, 3.8) is 0 Å². The molecular weight excluding hydrogens is 841 g/mol. The van der Waals surface area contributed by atoms with Crippen molar-refractivity contribution in [2.75, 3.05) is 13.2 Å². The molecule has 68 heavy (non-hydrogen) atoms. The molecule has 0 spiro atoms. The summed E-state index contributed by atoms with van der Waals surface area (Å²) in [6.07, 6.45) is 75.2. The van der Waals surface area contributed by atoms with Gasteiger partial charge in [-0.25, -0.2) is 0 Å². The molecule has 1 atom stereocenters. The molecule has 0 aliphatic heterocycles. The molecule has 0 aliphatic rings. The van der Waals surface area contributed by atoms with Crippen LogP contribution in [-0.2, 0) is 28.6 Å². The maximum absolute atomic E-state index is 12.8. The van der Waals surface area contributed by atoms with Crippen LogP contribution in [0.5, 0.6) is 0 Å². The second-order valence-corrected chi connectivity index (χ2v) is 18.1. The van der Waals surface area contributed by atoms with Gasteiger partial charge < -0.3 is 14.2 Å². The van der Waals surface area contributed by atoms with E-state index in [1.54, 1.807) is 0 Å². The Hall–Kier alpha value is -3.93. The van der Waals surface area contributed by atoms with Crippen LogP contribution in [0.3, 0.4) is 0 Å². The number of unbranched alkanes of at least 4 members (excludes halogenated alkanes) is 20. The number of ether oxygens (including phenoxy) is 3. The van der Waals surface area contributed by atoms with E-state index in [0.717, 1.165) is 141 Å². The van der Waals surface area contributed by atoms with E-state index >= 15 is 0 Å². The average Bonchev–Trinajstić information content (AvgIpc) is 3.34. The molecule has 0 N–H and O–H groups in total. The summed E-state index contributed by atoms with van der Waals surface area (Å²) in [4.78, 5) is 37.9. The molecule has 0 amide bonds. The van der Waals surface area contributed by atoms with Gasteiger partial charge in [0.2, 0.25) is 0 Å². The summed E-state index contributed by atoms with van der Waals surface area (Å²) in [7, 11) is 0. The van der Waals surface area contributed by atoms with Gasteiger partial charge >= 0.3 is 17.9 Å². The Morgan fingerprint density at radius 3 is 0.897 bits per heavy atom. The van der Waals surface area contributed by atoms with E-state index in [1.807, 2.05) is 0 Å². The fourth-order valence-corrected chi connectivity index (χ4v) is 7.40. The fraction of sp³-hybridized carbons (Fsp3) is 0.661. The molecule has 386 valence electrons. The molecule has 0 radical (unpaired) electrons. The lowest BCUT2D eigenvalue weighted by Gasteiger charge is -2.18. The van der Waals surface area contributed by atoms with E-state index in [1.165, 1.54) is 64.2 Å². The van der Waals surface area contributed by atoms with Crippen molar-refractivity contribution < 1.29 is 28.6 Å². The van der Waals surface area contributed by atoms with E-state index < -0.39 is 6.10 Å². The van der Waals surface area contributed by atoms with E-state index in [4.69, 9.17) is 14.2 Å². The Bertz CT molecular complexity index is 1410. The predicted octanol–water partition coefficient (Wildman–Crippen LogP) is 18.7. The molecule has 6 heteroatoms. The first kappa shape index (κ1) is 64.1. The SMILES string of the molecule is CC/C=C\C/C=C\C/C=C\C/C=C\C/C=C\C/C=C\CCCCCCCCCCC(=O)OCC(COC(=O)CCCCCCCCCC)OC(=O)CCCCCCC/C=C\C/C=C\C/C=C\CC. The minimum atomic E-state index is -0.789. The summed E-state index contributed by atoms with van der Waals surface area (Å²) in [6.45, 7) is 6.36. The van der Waals surface area contributed by atoms with Gasteiger partial charge in [-0.1, -0.05) is 233 Å². The highest BCUT2D eigenvalue weighted by Crippen LogP contribution is 2.14. The molecule has 0 rings (SSSR count). The Balaban J connectivity index is 4.25. The molecule has 0 bridgehead atoms. The molecule has 0 heterocycles. The molecule has 0 aromatic carbocycles. The van der Waals surface area contributed by atoms with Gasteiger partial charge in [0.1, 0.15) is 13.2 Å². The number of esters is 3. The van der Waals surface area contributed by atoms with Crippen molar-refractivity contribution >= 4 is 17.9 Å². The van der Waals surface area contributed by atoms with Gasteiger partial charge in [-0.15, -0.1) is 0 Å². The van der Waals surface area contributed by atoms with Crippen LogP contribution in [0.25, 0.3) is 0 Å². The highest BCUT2D eigenvalue weighted by Gasteiger charge is 2.19. The van der Waals surface area contributed by atoms with Crippen molar-refractivity contribution in [3.8, 4) is 0 Å². The van der Waals surface area contributed by atoms with Crippen LogP contribution in [0, 0.1) is 0 Å². The zero-order valence-corrected chi connectivity index (χ0v) is 44.1. The lowest BCUT2D eigenvalue weighted by atomic mass is 10.1. The molecule has 0 fully saturated rings. The molecule has 0 saturated heterocycles. The quantitative estimate of drug-likeness (QED) is 0.0262. The number of carbonyl (C=O) groups is 3. The first-order valence-corrected chi connectivity index (χ1v) is 27.9. The van der Waals surface area contributed by atoms with Crippen molar-refractivity contribution in [1.82, 2.24) is 0 Å². The first-order chi connectivity index (χ1) is 33.5. The van der Waals surface area contributed by atoms with Crippen LogP contribution in [0.4, 0.5) is 0 Å². The average molecular weight is 943 g/mol. The molecule has 0 aliphatic carbocycles. The van der Waals surface area contributed by atoms with Crippen molar-refractivity contribution in [3.05, 3.63) is 109 Å². The largest absolute Gasteiger partial charge is 0.462 e. The van der Waals surface area contributed by atoms with E-state index in [2.05, 4.69) is 130 Å². The van der Waals surface area contributed by atoms with E-state index in [-0.39, 0.29) is 31.1 Å². The second-order valence-electron chi connectivity index (χ2n) is 18.1. The molecule has 6 nitrogen and oxygen atoms in total. The third kappa shape index (κ3) is 53.0. The van der Waals surface area contributed by atoms with Gasteiger partial charge in [0.05, 0.1) is 0 Å². The molecule has 0 aromatic heterocycles. The smallest absolute Gasteiger partial charge is 0.306 e. The molecule has 0 saturated carbocycles. The van der Waals surface area contributed by atoms with Crippen LogP contribution in [-0.4, -0.2) is 37.2 Å². The lowest BCUT2D eigenvalue weighted by molar-refractivity contribution is -0.167. The third-order valence-electron chi connectivity index (χ3n) is 11.5. The maximum atomic E-state index is 12.8. The van der Waals surface area contributed by atoms with E-state index in [9.17, 15) is 14.4 Å². The number of hydrogen-bond donors (Lipinski definition) is 0. The van der Waals surface area contributed by atoms with E-state index in [0.29, 0.717) is 19.3 Å². The topological polar surface area (TPSA) is 78.9 Å². The Kier molecular flexibility index (Phi) is 52.4. The number of rotatable bonds is 49. The lowest BCUT2D eigenvalue weighted by Crippen LogP contribution is -2.30. The van der Waals surface area contributed by atoms with Crippen LogP contribution in [0.2, 0.25) is 0 Å². The first-order valence-electron chi connectivity index (χ1n) is 27.9. The van der Waals surface area contributed by atoms with Crippen molar-refractivity contribution in [1.29, 1.82) is 0 Å². The van der Waals surface area contributed by atoms with Gasteiger partial charge in [0.25, 0.3) is 0 Å². The standard InChI is InChI=1S/C62H102O6/c1-4-7-10-13-16-19-21-23-25-26-27-28-29-30-31-32-33-34-35-36-38-39-41-43-46-49-52-55-61(64)67-58-59(57-66-60(63)54-51-48-45-18-15-12-9-6-3)68-62(65)56-53-50-47-44-42-40-37-24-22-20-17-14-11-8-5-2/h7-8,10-11,16-17,19-20,23-25,27-28,30-31,33-34,37,59H,4-6,9,12-15,18,21-22,26,29,32,35-36,38-58H2,1-3H3/b10-7-,11-8-,19-16-,20-17-,25-23-,28-27-,31-30-,34-33-,37-24-. The van der Waals surface area contributed by atoms with Gasteiger partial charge in [-0.05, 0) is 103 Å². The molecule has 0 aromatic rings. The van der Waals surface area contributed by atoms with Crippen LogP contribution < -0.4 is 0 Å². The highest BCUT2D eigenvalue weighted by molar-refractivity contribution is 5.71. The van der Waals surface area contributed by atoms with Gasteiger partial charge in [-0.3, -0.25) is 14.4 Å². The van der Waals surface area contributed by atoms with Crippen LogP contribution in [0.1, 0.15) is 245 Å². The Morgan fingerprint density at radius 1 is 0.309 bits per heavy atom. The fourth-order valence-electron chi connectivity index (χ4n) is 7.40. The zero-order valence-electron chi connectivity index (χ0n) is 44.1. The Labute approximate surface area is 419 Å². The molecular formula is C62H102O6. The van der Waals surface area contributed by atoms with Crippen molar-refractivity contribution in [2.24, 2.45) is 0 Å². The summed E-state index contributed by atoms with van der Waals surface area (Å²) in [5.74, 6) is -0.920. The van der Waals surface area contributed by atoms with Gasteiger partial charge in [0.15, 0.2) is 6.10 Å². The monoisotopic (exact) mass is 943 g/mol. The summed E-state index contributed by atoms with van der Waals surface area (Å²) in [6, 6.07) is 0. The zero-order chi connectivity index (χ0) is 49.3. The third-order valence-corrected chi connectivity index (χ3v) is 11.5. The minimum absolute atomic E-state index is 0.0878. The number of allylic oxidation sites excluding steroid dienone is 18. The summed E-state index contributed by atoms with van der Waals surface area (Å²) < 4.78 is 16.8. The summed E-state index contributed by atoms with van der Waals surface area (Å²) in [5.41, 5.74) is 0. The number of carbonyl (C=O) groups excluding carboxylic acids is 3. The summed E-state index contributed by atoms with van der Waals surface area (Å²) in [5, 5.41) is 0. The maximum Gasteiger partial charge on any atom is 0.306 e. The van der Waals surface area contributed by atoms with Gasteiger partial charge in [-0.2, -0.15) is 0 Å². The second kappa shape index (κ2) is 55.7. The normalized spacial score (nSPS) is 12.9. The number of hydrogen-bond acceptors (Lipinski definition) is 6.